The molecule has 4 heteroatoms. The molecule has 0 aromatic heterocycles. The summed E-state index contributed by atoms with van der Waals surface area (Å²) in [4.78, 5) is 0. The fourth-order valence-electron chi connectivity index (χ4n) is 1.60. The molecule has 0 aliphatic heterocycles. The molecule has 0 bridgehead atoms. The molecule has 2 unspecified atom stereocenters. The van der Waals surface area contributed by atoms with Crippen molar-refractivity contribution in [1.82, 2.24) is 0 Å². The van der Waals surface area contributed by atoms with Gasteiger partial charge in [-0.1, -0.05) is 24.3 Å². The molecular formula is C12H16N2O2. The second-order valence-electron chi connectivity index (χ2n) is 3.62. The first kappa shape index (κ1) is 12.7. The Kier molecular flexibility index (Phi) is 4.93. The van der Waals surface area contributed by atoms with E-state index in [4.69, 9.17) is 11.0 Å². The lowest BCUT2D eigenvalue weighted by Gasteiger charge is -2.19. The molecular weight excluding hydrogens is 204 g/mol. The maximum atomic E-state index is 9.91. The van der Waals surface area contributed by atoms with Crippen molar-refractivity contribution >= 4 is 0 Å². The molecule has 0 radical (unpaired) electrons. The summed E-state index contributed by atoms with van der Waals surface area (Å²) in [5.41, 5.74) is 6.66. The highest BCUT2D eigenvalue weighted by atomic mass is 16.3. The molecule has 0 saturated heterocycles. The number of aliphatic hydroxyl groups excluding tert-OH is 2. The normalized spacial score (nSPS) is 14.1. The number of rotatable bonds is 5. The van der Waals surface area contributed by atoms with Gasteiger partial charge < -0.3 is 15.9 Å². The molecule has 1 aromatic carbocycles. The quantitative estimate of drug-likeness (QED) is 0.673. The summed E-state index contributed by atoms with van der Waals surface area (Å²) < 4.78 is 0. The predicted molar refractivity (Wildman–Crippen MR) is 60.4 cm³/mol. The van der Waals surface area contributed by atoms with Gasteiger partial charge in [0.15, 0.2) is 0 Å². The van der Waals surface area contributed by atoms with Gasteiger partial charge in [-0.15, -0.1) is 0 Å². The second kappa shape index (κ2) is 6.23. The van der Waals surface area contributed by atoms with Gasteiger partial charge >= 0.3 is 0 Å². The summed E-state index contributed by atoms with van der Waals surface area (Å²) in [6.07, 6.45) is -1.30. The average molecular weight is 220 g/mol. The lowest BCUT2D eigenvalue weighted by atomic mass is 9.96. The molecule has 0 fully saturated rings. The summed E-state index contributed by atoms with van der Waals surface area (Å²) in [7, 11) is 0. The van der Waals surface area contributed by atoms with Crippen LogP contribution in [0.4, 0.5) is 0 Å². The molecule has 0 heterocycles. The van der Waals surface area contributed by atoms with Crippen molar-refractivity contribution in [3.63, 3.8) is 0 Å². The van der Waals surface area contributed by atoms with Gasteiger partial charge in [-0.3, -0.25) is 0 Å². The Bertz CT molecular complexity index is 374. The number of aliphatic hydroxyl groups is 2. The third-order valence-electron chi connectivity index (χ3n) is 2.47. The molecule has 4 N–H and O–H groups in total. The van der Waals surface area contributed by atoms with Crippen LogP contribution in [0.15, 0.2) is 24.3 Å². The smallest absolute Gasteiger partial charge is 0.105 e. The summed E-state index contributed by atoms with van der Waals surface area (Å²) in [6, 6.07) is 9.10. The van der Waals surface area contributed by atoms with E-state index in [9.17, 15) is 10.2 Å². The molecule has 0 spiro atoms. The van der Waals surface area contributed by atoms with Crippen molar-refractivity contribution in [2.45, 2.75) is 25.0 Å². The molecule has 0 aliphatic rings. The zero-order chi connectivity index (χ0) is 12.0. The Morgan fingerprint density at radius 2 is 2.00 bits per heavy atom. The molecule has 4 nitrogen and oxygen atoms in total. The minimum absolute atomic E-state index is 0.225. The molecule has 1 aromatic rings. The van der Waals surface area contributed by atoms with Crippen LogP contribution >= 0.6 is 0 Å². The van der Waals surface area contributed by atoms with Crippen molar-refractivity contribution in [2.75, 3.05) is 6.54 Å². The van der Waals surface area contributed by atoms with Gasteiger partial charge in [-0.05, 0) is 24.1 Å². The van der Waals surface area contributed by atoms with E-state index in [1.165, 1.54) is 0 Å². The molecule has 2 atom stereocenters. The van der Waals surface area contributed by atoms with Gasteiger partial charge in [0.05, 0.1) is 18.6 Å². The number of benzene rings is 1. The van der Waals surface area contributed by atoms with E-state index in [1.54, 1.807) is 24.3 Å². The maximum absolute atomic E-state index is 9.91. The number of nitrogens with two attached hydrogens (primary N) is 1. The number of hydrogen-bond donors (Lipinski definition) is 3. The van der Waals surface area contributed by atoms with Crippen molar-refractivity contribution in [3.8, 4) is 6.07 Å². The minimum atomic E-state index is -0.979. The van der Waals surface area contributed by atoms with Crippen LogP contribution in [0.25, 0.3) is 0 Å². The van der Waals surface area contributed by atoms with E-state index in [2.05, 4.69) is 0 Å². The van der Waals surface area contributed by atoms with Gasteiger partial charge in [-0.2, -0.15) is 5.26 Å². The van der Waals surface area contributed by atoms with Crippen LogP contribution in [0, 0.1) is 11.3 Å². The molecule has 16 heavy (non-hydrogen) atoms. The Balaban J connectivity index is 2.89. The fraction of sp³-hybridized carbons (Fsp3) is 0.417. The Morgan fingerprint density at radius 3 is 2.62 bits per heavy atom. The first-order chi connectivity index (χ1) is 7.70. The first-order valence-electron chi connectivity index (χ1n) is 5.21. The number of hydrogen-bond acceptors (Lipinski definition) is 4. The maximum Gasteiger partial charge on any atom is 0.105 e. The van der Waals surface area contributed by atoms with Crippen LogP contribution in [0.2, 0.25) is 0 Å². The fourth-order valence-corrected chi connectivity index (χ4v) is 1.60. The van der Waals surface area contributed by atoms with Crippen LogP contribution in [0.3, 0.4) is 0 Å². The van der Waals surface area contributed by atoms with Crippen molar-refractivity contribution in [1.29, 1.82) is 5.26 Å². The average Bonchev–Trinajstić information content (AvgIpc) is 2.29. The van der Waals surface area contributed by atoms with Crippen molar-refractivity contribution in [3.05, 3.63) is 35.4 Å². The third kappa shape index (κ3) is 3.04. The zero-order valence-electron chi connectivity index (χ0n) is 9.00. The van der Waals surface area contributed by atoms with Gasteiger partial charge in [0, 0.05) is 0 Å². The zero-order valence-corrected chi connectivity index (χ0v) is 9.00. The summed E-state index contributed by atoms with van der Waals surface area (Å²) in [5.74, 6) is 0. The highest BCUT2D eigenvalue weighted by molar-refractivity contribution is 5.31. The summed E-state index contributed by atoms with van der Waals surface area (Å²) in [5, 5.41) is 28.2. The van der Waals surface area contributed by atoms with E-state index in [1.807, 2.05) is 6.07 Å². The Hall–Kier alpha value is -1.41. The predicted octanol–water partition coefficient (Wildman–Crippen LogP) is 0.496. The highest BCUT2D eigenvalue weighted by Crippen LogP contribution is 2.22. The van der Waals surface area contributed by atoms with Crippen molar-refractivity contribution < 1.29 is 10.2 Å². The first-order valence-corrected chi connectivity index (χ1v) is 5.21. The van der Waals surface area contributed by atoms with E-state index < -0.39 is 12.2 Å². The molecule has 0 saturated carbocycles. The van der Waals surface area contributed by atoms with E-state index in [-0.39, 0.29) is 6.42 Å². The molecule has 1 rings (SSSR count). The van der Waals surface area contributed by atoms with Gasteiger partial charge in [0.25, 0.3) is 0 Å². The van der Waals surface area contributed by atoms with Crippen molar-refractivity contribution in [2.24, 2.45) is 5.73 Å². The van der Waals surface area contributed by atoms with Crippen LogP contribution in [0.5, 0.6) is 0 Å². The van der Waals surface area contributed by atoms with Crippen LogP contribution < -0.4 is 5.73 Å². The molecule has 0 aliphatic carbocycles. The number of nitrogens with zero attached hydrogens (tertiary/aromatic N) is 1. The summed E-state index contributed by atoms with van der Waals surface area (Å²) in [6.45, 7) is 0.318. The van der Waals surface area contributed by atoms with Gasteiger partial charge in [-0.25, -0.2) is 0 Å². The largest absolute Gasteiger partial charge is 0.390 e. The van der Waals surface area contributed by atoms with Crippen LogP contribution in [0.1, 0.15) is 23.7 Å². The summed E-state index contributed by atoms with van der Waals surface area (Å²) >= 11 is 0. The lowest BCUT2D eigenvalue weighted by Crippen LogP contribution is -2.22. The topological polar surface area (TPSA) is 90.3 Å². The SMILES string of the molecule is N#CCc1ccccc1C(O)C(O)CCN. The molecule has 0 amide bonds. The van der Waals surface area contributed by atoms with Crippen LogP contribution in [-0.4, -0.2) is 22.9 Å². The Labute approximate surface area is 94.9 Å². The van der Waals surface area contributed by atoms with E-state index >= 15 is 0 Å². The van der Waals surface area contributed by atoms with Gasteiger partial charge in [0.2, 0.25) is 0 Å². The Morgan fingerprint density at radius 1 is 1.31 bits per heavy atom. The van der Waals surface area contributed by atoms with Crippen LogP contribution in [-0.2, 0) is 6.42 Å². The number of nitriles is 1. The minimum Gasteiger partial charge on any atom is -0.390 e. The monoisotopic (exact) mass is 220 g/mol. The molecule has 86 valence electrons. The highest BCUT2D eigenvalue weighted by Gasteiger charge is 2.19. The van der Waals surface area contributed by atoms with E-state index in [0.29, 0.717) is 18.5 Å². The van der Waals surface area contributed by atoms with E-state index in [0.717, 1.165) is 5.56 Å². The standard InChI is InChI=1S/C12H16N2O2/c13-7-5-9-3-1-2-4-10(9)12(16)11(15)6-8-14/h1-4,11-12,15-16H,5-6,8,14H2. The van der Waals surface area contributed by atoms with Gasteiger partial charge in [0.1, 0.15) is 6.10 Å². The lowest BCUT2D eigenvalue weighted by molar-refractivity contribution is 0.0146. The third-order valence-corrected chi connectivity index (χ3v) is 2.47. The second-order valence-corrected chi connectivity index (χ2v) is 3.62.